The van der Waals surface area contributed by atoms with Crippen molar-refractivity contribution in [1.29, 1.82) is 0 Å². The first-order valence-corrected chi connectivity index (χ1v) is 6.01. The van der Waals surface area contributed by atoms with Crippen LogP contribution >= 0.6 is 22.9 Å². The van der Waals surface area contributed by atoms with Crippen LogP contribution in [0, 0.1) is 0 Å². The normalized spacial score (nSPS) is 10.4. The van der Waals surface area contributed by atoms with E-state index in [4.69, 9.17) is 16.7 Å². The Balaban J connectivity index is 1.94. The first kappa shape index (κ1) is 11.4. The zero-order valence-electron chi connectivity index (χ0n) is 8.48. The summed E-state index contributed by atoms with van der Waals surface area (Å²) in [5, 5.41) is 13.1. The van der Waals surface area contributed by atoms with Gasteiger partial charge in [0.25, 0.3) is 0 Å². The predicted octanol–water partition coefficient (Wildman–Crippen LogP) is 2.90. The first-order chi connectivity index (χ1) is 7.78. The second-order valence-electron chi connectivity index (χ2n) is 3.27. The molecule has 0 bridgehead atoms. The number of rotatable bonds is 4. The van der Waals surface area contributed by atoms with Crippen molar-refractivity contribution in [2.24, 2.45) is 0 Å². The summed E-state index contributed by atoms with van der Waals surface area (Å²) < 4.78 is 0.701. The van der Waals surface area contributed by atoms with Crippen LogP contribution in [-0.2, 0) is 13.2 Å². The smallest absolute Gasteiger partial charge is 0.113 e. The van der Waals surface area contributed by atoms with Gasteiger partial charge in [0.05, 0.1) is 19.3 Å². The third-order valence-electron chi connectivity index (χ3n) is 2.11. The molecule has 3 nitrogen and oxygen atoms in total. The predicted molar refractivity (Wildman–Crippen MR) is 66.8 cm³/mol. The highest BCUT2D eigenvalue weighted by atomic mass is 35.5. The Kier molecular flexibility index (Phi) is 3.77. The minimum Gasteiger partial charge on any atom is -0.392 e. The third-order valence-corrected chi connectivity index (χ3v) is 3.22. The zero-order valence-corrected chi connectivity index (χ0v) is 10.1. The van der Waals surface area contributed by atoms with E-state index < -0.39 is 0 Å². The molecule has 0 aliphatic carbocycles. The lowest BCUT2D eigenvalue weighted by Crippen LogP contribution is -1.98. The van der Waals surface area contributed by atoms with Gasteiger partial charge in [-0.15, -0.1) is 11.3 Å². The average molecular weight is 255 g/mol. The van der Waals surface area contributed by atoms with E-state index in [1.807, 2.05) is 24.3 Å². The number of hydrogen-bond acceptors (Lipinski definition) is 4. The average Bonchev–Trinajstić information content (AvgIpc) is 2.73. The second kappa shape index (κ2) is 5.30. The van der Waals surface area contributed by atoms with Crippen LogP contribution in [0.3, 0.4) is 0 Å². The van der Waals surface area contributed by atoms with Crippen molar-refractivity contribution in [3.05, 3.63) is 45.4 Å². The summed E-state index contributed by atoms with van der Waals surface area (Å²) in [6.45, 7) is 0.734. The van der Waals surface area contributed by atoms with Gasteiger partial charge in [-0.1, -0.05) is 23.7 Å². The van der Waals surface area contributed by atoms with E-state index in [9.17, 15) is 0 Å². The molecule has 0 fully saturated rings. The second-order valence-corrected chi connectivity index (χ2v) is 5.01. The van der Waals surface area contributed by atoms with Crippen LogP contribution in [0.2, 0.25) is 4.34 Å². The quantitative estimate of drug-likeness (QED) is 0.882. The Hall–Kier alpha value is -1.10. The van der Waals surface area contributed by atoms with Crippen molar-refractivity contribution in [3.63, 3.8) is 0 Å². The number of benzene rings is 1. The van der Waals surface area contributed by atoms with E-state index >= 15 is 0 Å². The molecular formula is C11H11ClN2OS. The Morgan fingerprint density at radius 1 is 1.31 bits per heavy atom. The number of aliphatic hydroxyl groups excluding tert-OH is 1. The van der Waals surface area contributed by atoms with Crippen molar-refractivity contribution in [2.45, 2.75) is 13.2 Å². The number of halogens is 1. The molecule has 0 spiro atoms. The number of anilines is 1. The number of hydrogen-bond donors (Lipinski definition) is 2. The lowest BCUT2D eigenvalue weighted by atomic mass is 10.2. The van der Waals surface area contributed by atoms with Crippen molar-refractivity contribution in [3.8, 4) is 0 Å². The Labute approximate surface area is 103 Å². The summed E-state index contributed by atoms with van der Waals surface area (Å²) >= 11 is 7.25. The number of aromatic nitrogens is 1. The lowest BCUT2D eigenvalue weighted by molar-refractivity contribution is 0.282. The fourth-order valence-electron chi connectivity index (χ4n) is 1.28. The first-order valence-electron chi connectivity index (χ1n) is 4.82. The minimum absolute atomic E-state index is 0.0718. The number of nitrogens with one attached hydrogen (secondary N) is 1. The van der Waals surface area contributed by atoms with E-state index in [0.717, 1.165) is 16.3 Å². The Morgan fingerprint density at radius 3 is 2.62 bits per heavy atom. The van der Waals surface area contributed by atoms with Crippen LogP contribution in [0.5, 0.6) is 0 Å². The maximum atomic E-state index is 8.90. The Bertz CT molecular complexity index is 455. The third kappa shape index (κ3) is 2.95. The standard InChI is InChI=1S/C11H11ClN2OS/c12-10-5-14-11(16-10)6-13-9-3-1-8(7-15)2-4-9/h1-5,13,15H,6-7H2. The van der Waals surface area contributed by atoms with Gasteiger partial charge in [0, 0.05) is 5.69 Å². The summed E-state index contributed by atoms with van der Waals surface area (Å²) in [6.07, 6.45) is 1.65. The van der Waals surface area contributed by atoms with Crippen LogP contribution in [0.1, 0.15) is 10.6 Å². The van der Waals surface area contributed by atoms with E-state index in [2.05, 4.69) is 10.3 Å². The van der Waals surface area contributed by atoms with Gasteiger partial charge in [-0.25, -0.2) is 4.98 Å². The van der Waals surface area contributed by atoms with Gasteiger partial charge in [-0.2, -0.15) is 0 Å². The molecule has 0 atom stereocenters. The van der Waals surface area contributed by atoms with Crippen LogP contribution in [-0.4, -0.2) is 10.1 Å². The molecule has 0 aliphatic heterocycles. The van der Waals surface area contributed by atoms with Crippen LogP contribution in [0.15, 0.2) is 30.5 Å². The molecule has 0 unspecified atom stereocenters. The van der Waals surface area contributed by atoms with Crippen LogP contribution < -0.4 is 5.32 Å². The van der Waals surface area contributed by atoms with Crippen molar-refractivity contribution in [2.75, 3.05) is 5.32 Å². The molecule has 2 N–H and O–H groups in total. The van der Waals surface area contributed by atoms with Crippen LogP contribution in [0.25, 0.3) is 0 Å². The van der Waals surface area contributed by atoms with Crippen molar-refractivity contribution >= 4 is 28.6 Å². The van der Waals surface area contributed by atoms with Crippen molar-refractivity contribution in [1.82, 2.24) is 4.98 Å². The molecule has 2 rings (SSSR count). The molecule has 0 saturated carbocycles. The fraction of sp³-hybridized carbons (Fsp3) is 0.182. The topological polar surface area (TPSA) is 45.1 Å². The summed E-state index contributed by atoms with van der Waals surface area (Å²) in [4.78, 5) is 4.15. The van der Waals surface area contributed by atoms with E-state index in [-0.39, 0.29) is 6.61 Å². The zero-order chi connectivity index (χ0) is 11.4. The number of aliphatic hydroxyl groups is 1. The molecule has 2 aromatic rings. The van der Waals surface area contributed by atoms with Crippen LogP contribution in [0.4, 0.5) is 5.69 Å². The number of nitrogens with zero attached hydrogens (tertiary/aromatic N) is 1. The molecule has 84 valence electrons. The molecule has 1 heterocycles. The molecule has 0 amide bonds. The maximum Gasteiger partial charge on any atom is 0.113 e. The molecule has 0 aliphatic rings. The van der Waals surface area contributed by atoms with Gasteiger partial charge in [0.15, 0.2) is 0 Å². The fourth-order valence-corrected chi connectivity index (χ4v) is 2.17. The maximum absolute atomic E-state index is 8.90. The van der Waals surface area contributed by atoms with Crippen molar-refractivity contribution < 1.29 is 5.11 Å². The lowest BCUT2D eigenvalue weighted by Gasteiger charge is -2.04. The van der Waals surface area contributed by atoms with Gasteiger partial charge < -0.3 is 10.4 Å². The molecule has 16 heavy (non-hydrogen) atoms. The van der Waals surface area contributed by atoms with Gasteiger partial charge in [0.1, 0.15) is 9.34 Å². The highest BCUT2D eigenvalue weighted by Gasteiger charge is 1.99. The highest BCUT2D eigenvalue weighted by Crippen LogP contribution is 2.19. The highest BCUT2D eigenvalue weighted by molar-refractivity contribution is 7.15. The van der Waals surface area contributed by atoms with Gasteiger partial charge >= 0.3 is 0 Å². The van der Waals surface area contributed by atoms with E-state index in [1.165, 1.54) is 11.3 Å². The SMILES string of the molecule is OCc1ccc(NCc2ncc(Cl)s2)cc1. The summed E-state index contributed by atoms with van der Waals surface area (Å²) in [5.41, 5.74) is 1.91. The Morgan fingerprint density at radius 2 is 2.06 bits per heavy atom. The molecule has 1 aromatic heterocycles. The summed E-state index contributed by atoms with van der Waals surface area (Å²) in [7, 11) is 0. The largest absolute Gasteiger partial charge is 0.392 e. The molecule has 0 radical (unpaired) electrons. The molecular weight excluding hydrogens is 244 g/mol. The van der Waals surface area contributed by atoms with Gasteiger partial charge in [0.2, 0.25) is 0 Å². The molecule has 1 aromatic carbocycles. The van der Waals surface area contributed by atoms with E-state index in [0.29, 0.717) is 10.9 Å². The minimum atomic E-state index is 0.0718. The van der Waals surface area contributed by atoms with Gasteiger partial charge in [-0.05, 0) is 17.7 Å². The monoisotopic (exact) mass is 254 g/mol. The number of thiazole rings is 1. The van der Waals surface area contributed by atoms with E-state index in [1.54, 1.807) is 6.20 Å². The molecule has 0 saturated heterocycles. The summed E-state index contributed by atoms with van der Waals surface area (Å²) in [5.74, 6) is 0. The molecule has 5 heteroatoms. The van der Waals surface area contributed by atoms with Gasteiger partial charge in [-0.3, -0.25) is 0 Å². The summed E-state index contributed by atoms with van der Waals surface area (Å²) in [6, 6.07) is 7.63.